The van der Waals surface area contributed by atoms with Crippen LogP contribution in [0.25, 0.3) is 0 Å². The van der Waals surface area contributed by atoms with E-state index in [9.17, 15) is 4.79 Å². The number of benzene rings is 2. The first-order valence-corrected chi connectivity index (χ1v) is 9.87. The Morgan fingerprint density at radius 2 is 1.79 bits per heavy atom. The van der Waals surface area contributed by atoms with E-state index in [-0.39, 0.29) is 12.5 Å². The summed E-state index contributed by atoms with van der Waals surface area (Å²) in [5.41, 5.74) is 2.06. The van der Waals surface area contributed by atoms with Gasteiger partial charge >= 0.3 is 0 Å². The second kappa shape index (κ2) is 10.7. The lowest BCUT2D eigenvalue weighted by atomic mass is 10.2. The molecule has 1 aromatic heterocycles. The molecule has 0 N–H and O–H groups in total. The van der Waals surface area contributed by atoms with Crippen LogP contribution in [0, 0.1) is 0 Å². The molecule has 2 aromatic carbocycles. The average Bonchev–Trinajstić information content (AvgIpc) is 3.18. The van der Waals surface area contributed by atoms with Crippen molar-refractivity contribution in [3.8, 4) is 5.75 Å². The van der Waals surface area contributed by atoms with Crippen LogP contribution in [-0.2, 0) is 22.6 Å². The lowest BCUT2D eigenvalue weighted by Gasteiger charge is -2.23. The maximum Gasteiger partial charge on any atom is 0.260 e. The third-order valence-electron chi connectivity index (χ3n) is 4.60. The summed E-state index contributed by atoms with van der Waals surface area (Å²) in [5.74, 6) is 0.589. The Labute approximate surface area is 176 Å². The molecule has 0 saturated heterocycles. The lowest BCUT2D eigenvalue weighted by Crippen LogP contribution is -2.37. The van der Waals surface area contributed by atoms with E-state index in [1.807, 2.05) is 72.9 Å². The molecular weight excluding hydrogens is 388 g/mol. The van der Waals surface area contributed by atoms with Crippen LogP contribution >= 0.6 is 11.6 Å². The zero-order valence-corrected chi connectivity index (χ0v) is 17.2. The molecule has 0 fully saturated rings. The molecule has 152 valence electrons. The van der Waals surface area contributed by atoms with E-state index in [4.69, 9.17) is 21.1 Å². The summed E-state index contributed by atoms with van der Waals surface area (Å²) < 4.78 is 12.9. The highest BCUT2D eigenvalue weighted by atomic mass is 35.5. The van der Waals surface area contributed by atoms with Crippen molar-refractivity contribution in [1.82, 2.24) is 9.47 Å². The van der Waals surface area contributed by atoms with Gasteiger partial charge in [0, 0.05) is 37.1 Å². The third kappa shape index (κ3) is 6.11. The number of ether oxygens (including phenoxy) is 2. The zero-order chi connectivity index (χ0) is 20.5. The Morgan fingerprint density at radius 1 is 1.03 bits per heavy atom. The second-order valence-electron chi connectivity index (χ2n) is 6.63. The van der Waals surface area contributed by atoms with Crippen molar-refractivity contribution in [2.24, 2.45) is 0 Å². The minimum atomic E-state index is -0.0867. The molecule has 1 heterocycles. The highest BCUT2D eigenvalue weighted by Gasteiger charge is 2.17. The molecule has 1 amide bonds. The molecule has 29 heavy (non-hydrogen) atoms. The van der Waals surface area contributed by atoms with Crippen molar-refractivity contribution < 1.29 is 14.3 Å². The van der Waals surface area contributed by atoms with E-state index >= 15 is 0 Å². The Bertz CT molecular complexity index is 911. The number of hydrogen-bond acceptors (Lipinski definition) is 3. The quantitative estimate of drug-likeness (QED) is 0.500. The lowest BCUT2D eigenvalue weighted by molar-refractivity contribution is -0.134. The van der Waals surface area contributed by atoms with Gasteiger partial charge in [-0.25, -0.2) is 0 Å². The molecule has 0 unspecified atom stereocenters. The number of carbonyl (C=O) groups is 1. The predicted octanol–water partition coefficient (Wildman–Crippen LogP) is 4.24. The van der Waals surface area contributed by atoms with Gasteiger partial charge in [-0.3, -0.25) is 4.79 Å². The molecule has 5 nitrogen and oxygen atoms in total. The summed E-state index contributed by atoms with van der Waals surface area (Å²) in [6.07, 6.45) is 2.00. The molecule has 0 aliphatic carbocycles. The summed E-state index contributed by atoms with van der Waals surface area (Å²) in [6.45, 7) is 2.05. The molecule has 0 atom stereocenters. The second-order valence-corrected chi connectivity index (χ2v) is 7.04. The van der Waals surface area contributed by atoms with Crippen molar-refractivity contribution in [2.45, 2.75) is 13.1 Å². The van der Waals surface area contributed by atoms with Crippen LogP contribution in [-0.4, -0.2) is 42.2 Å². The van der Waals surface area contributed by atoms with E-state index in [0.717, 1.165) is 16.3 Å². The first-order chi connectivity index (χ1) is 14.2. The van der Waals surface area contributed by atoms with E-state index < -0.39 is 0 Å². The molecule has 0 saturated carbocycles. The summed E-state index contributed by atoms with van der Waals surface area (Å²) in [7, 11) is 1.63. The van der Waals surface area contributed by atoms with Gasteiger partial charge in [-0.1, -0.05) is 48.0 Å². The minimum Gasteiger partial charge on any atom is -0.484 e. The Morgan fingerprint density at radius 3 is 2.55 bits per heavy atom. The van der Waals surface area contributed by atoms with Gasteiger partial charge in [-0.2, -0.15) is 0 Å². The molecule has 6 heteroatoms. The molecule has 3 aromatic rings. The van der Waals surface area contributed by atoms with Crippen molar-refractivity contribution in [3.05, 3.63) is 89.2 Å². The normalized spacial score (nSPS) is 10.7. The molecule has 3 rings (SSSR count). The molecule has 0 spiro atoms. The molecule has 0 radical (unpaired) electrons. The molecular formula is C23H25ClN2O3. The topological polar surface area (TPSA) is 43.7 Å². The number of aromatic nitrogens is 1. The highest BCUT2D eigenvalue weighted by Crippen LogP contribution is 2.18. The van der Waals surface area contributed by atoms with E-state index in [0.29, 0.717) is 32.0 Å². The van der Waals surface area contributed by atoms with Gasteiger partial charge in [0.1, 0.15) is 5.75 Å². The largest absolute Gasteiger partial charge is 0.484 e. The number of carbonyl (C=O) groups excluding carboxylic acids is 1. The maximum absolute atomic E-state index is 12.8. The van der Waals surface area contributed by atoms with Crippen LogP contribution in [0.4, 0.5) is 0 Å². The average molecular weight is 413 g/mol. The van der Waals surface area contributed by atoms with Gasteiger partial charge < -0.3 is 18.9 Å². The summed E-state index contributed by atoms with van der Waals surface area (Å²) in [4.78, 5) is 14.5. The Hall–Kier alpha value is -2.76. The highest BCUT2D eigenvalue weighted by molar-refractivity contribution is 6.31. The van der Waals surface area contributed by atoms with Gasteiger partial charge in [0.05, 0.1) is 13.2 Å². The van der Waals surface area contributed by atoms with Gasteiger partial charge in [0.15, 0.2) is 6.61 Å². The van der Waals surface area contributed by atoms with E-state index in [1.165, 1.54) is 0 Å². The van der Waals surface area contributed by atoms with Crippen molar-refractivity contribution in [3.63, 3.8) is 0 Å². The first-order valence-electron chi connectivity index (χ1n) is 9.49. The fraction of sp³-hybridized carbons (Fsp3) is 0.261. The third-order valence-corrected chi connectivity index (χ3v) is 4.97. The molecule has 0 aliphatic rings. The zero-order valence-electron chi connectivity index (χ0n) is 16.5. The van der Waals surface area contributed by atoms with E-state index in [1.54, 1.807) is 12.0 Å². The van der Waals surface area contributed by atoms with Crippen LogP contribution < -0.4 is 4.74 Å². The van der Waals surface area contributed by atoms with Crippen LogP contribution in [0.3, 0.4) is 0 Å². The van der Waals surface area contributed by atoms with Crippen molar-refractivity contribution >= 4 is 17.5 Å². The Balaban J connectivity index is 1.68. The number of halogens is 1. The van der Waals surface area contributed by atoms with Crippen molar-refractivity contribution in [1.29, 1.82) is 0 Å². The summed E-state index contributed by atoms with van der Waals surface area (Å²) in [6, 6.07) is 21.1. The van der Waals surface area contributed by atoms with Crippen LogP contribution in [0.2, 0.25) is 5.02 Å². The number of hydrogen-bond donors (Lipinski definition) is 0. The maximum atomic E-state index is 12.8. The monoisotopic (exact) mass is 412 g/mol. The summed E-state index contributed by atoms with van der Waals surface area (Å²) >= 11 is 6.31. The fourth-order valence-corrected chi connectivity index (χ4v) is 3.19. The number of nitrogens with zero attached hydrogens (tertiary/aromatic N) is 2. The number of methoxy groups -OCH3 is 1. The number of rotatable bonds is 10. The van der Waals surface area contributed by atoms with Crippen LogP contribution in [0.15, 0.2) is 72.9 Å². The SMILES string of the molecule is COCCN(Cc1cccn1Cc1ccccc1Cl)C(=O)COc1ccccc1. The Kier molecular flexibility index (Phi) is 7.73. The minimum absolute atomic E-state index is 0.0149. The predicted molar refractivity (Wildman–Crippen MR) is 114 cm³/mol. The van der Waals surface area contributed by atoms with Crippen LogP contribution in [0.5, 0.6) is 5.75 Å². The van der Waals surface area contributed by atoms with Crippen molar-refractivity contribution in [2.75, 3.05) is 26.9 Å². The van der Waals surface area contributed by atoms with E-state index in [2.05, 4.69) is 4.57 Å². The van der Waals surface area contributed by atoms with Gasteiger partial charge in [0.2, 0.25) is 0 Å². The fourth-order valence-electron chi connectivity index (χ4n) is 3.00. The first kappa shape index (κ1) is 21.0. The number of para-hydroxylation sites is 1. The van der Waals surface area contributed by atoms with Gasteiger partial charge in [0.25, 0.3) is 5.91 Å². The summed E-state index contributed by atoms with van der Waals surface area (Å²) in [5, 5.41) is 0.732. The van der Waals surface area contributed by atoms with Crippen LogP contribution in [0.1, 0.15) is 11.3 Å². The molecule has 0 aliphatic heterocycles. The standard InChI is InChI=1S/C23H25ClN2O3/c1-28-15-14-26(23(27)18-29-21-10-3-2-4-11-21)17-20-9-7-13-25(20)16-19-8-5-6-12-22(19)24/h2-13H,14-18H2,1H3. The molecule has 0 bridgehead atoms. The number of amides is 1. The van der Waals surface area contributed by atoms with Gasteiger partial charge in [-0.05, 0) is 35.9 Å². The van der Waals surface area contributed by atoms with Gasteiger partial charge in [-0.15, -0.1) is 0 Å². The smallest absolute Gasteiger partial charge is 0.260 e.